The highest BCUT2D eigenvalue weighted by molar-refractivity contribution is 5.92. The molecule has 1 fully saturated rings. The Morgan fingerprint density at radius 1 is 1.48 bits per heavy atom. The molecule has 1 unspecified atom stereocenters. The minimum absolute atomic E-state index is 0.196. The van der Waals surface area contributed by atoms with E-state index in [-0.39, 0.29) is 11.6 Å². The molecule has 0 bridgehead atoms. The molecular formula is C13H13FN4O3. The van der Waals surface area contributed by atoms with Crippen LogP contribution in [0.1, 0.15) is 28.3 Å². The zero-order chi connectivity index (χ0) is 14.8. The summed E-state index contributed by atoms with van der Waals surface area (Å²) in [6.45, 7) is 2.79. The van der Waals surface area contributed by atoms with Crippen LogP contribution in [-0.2, 0) is 4.74 Å². The van der Waals surface area contributed by atoms with Crippen LogP contribution in [0.4, 0.5) is 4.39 Å². The number of nitrogens with zero attached hydrogens (tertiary/aromatic N) is 4. The number of ether oxygens (including phenoxy) is 1. The number of halogens is 1. The number of hydrogen-bond acceptors (Lipinski definition) is 6. The van der Waals surface area contributed by atoms with Gasteiger partial charge < -0.3 is 14.2 Å². The Morgan fingerprint density at radius 2 is 2.33 bits per heavy atom. The second kappa shape index (κ2) is 5.57. The molecule has 3 rings (SSSR count). The van der Waals surface area contributed by atoms with Gasteiger partial charge in [0, 0.05) is 13.5 Å². The van der Waals surface area contributed by atoms with Gasteiger partial charge in [-0.25, -0.2) is 9.37 Å². The van der Waals surface area contributed by atoms with Crippen molar-refractivity contribution < 1.29 is 18.4 Å². The maximum Gasteiger partial charge on any atom is 0.272 e. The number of aromatic nitrogens is 3. The normalized spacial score (nSPS) is 18.8. The van der Waals surface area contributed by atoms with Crippen LogP contribution in [0.25, 0.3) is 0 Å². The summed E-state index contributed by atoms with van der Waals surface area (Å²) in [7, 11) is 0. The standard InChI is InChI=1S/C13H13FN4O3/c1-8-16-12(17-21-8)11-7-18(4-5-20-11)13(19)10-3-2-9(14)6-15-10/h2-3,6,11H,4-5,7H2,1H3. The molecule has 7 nitrogen and oxygen atoms in total. The van der Waals surface area contributed by atoms with Crippen molar-refractivity contribution in [3.05, 3.63) is 41.6 Å². The third-order valence-electron chi connectivity index (χ3n) is 3.13. The van der Waals surface area contributed by atoms with E-state index in [9.17, 15) is 9.18 Å². The molecule has 3 heterocycles. The van der Waals surface area contributed by atoms with Gasteiger partial charge >= 0.3 is 0 Å². The largest absolute Gasteiger partial charge is 0.366 e. The van der Waals surface area contributed by atoms with Gasteiger partial charge in [-0.2, -0.15) is 4.98 Å². The number of aryl methyl sites for hydroxylation is 1. The van der Waals surface area contributed by atoms with Crippen LogP contribution in [0.3, 0.4) is 0 Å². The van der Waals surface area contributed by atoms with Crippen molar-refractivity contribution in [2.75, 3.05) is 19.7 Å². The molecule has 2 aromatic heterocycles. The molecule has 1 aliphatic rings. The molecule has 0 N–H and O–H groups in total. The van der Waals surface area contributed by atoms with Gasteiger partial charge in [-0.1, -0.05) is 5.16 Å². The Kier molecular flexibility index (Phi) is 3.61. The molecule has 1 saturated heterocycles. The number of carbonyl (C=O) groups is 1. The van der Waals surface area contributed by atoms with Crippen molar-refractivity contribution >= 4 is 5.91 Å². The van der Waals surface area contributed by atoms with Crippen molar-refractivity contribution in [3.8, 4) is 0 Å². The topological polar surface area (TPSA) is 81.4 Å². The van der Waals surface area contributed by atoms with Crippen LogP contribution in [-0.4, -0.2) is 45.6 Å². The average molecular weight is 292 g/mol. The van der Waals surface area contributed by atoms with E-state index in [0.29, 0.717) is 31.4 Å². The third-order valence-corrected chi connectivity index (χ3v) is 3.13. The fourth-order valence-electron chi connectivity index (χ4n) is 2.10. The van der Waals surface area contributed by atoms with Crippen LogP contribution >= 0.6 is 0 Å². The van der Waals surface area contributed by atoms with Gasteiger partial charge in [-0.05, 0) is 12.1 Å². The average Bonchev–Trinajstić information content (AvgIpc) is 2.94. The van der Waals surface area contributed by atoms with E-state index in [1.165, 1.54) is 12.1 Å². The predicted molar refractivity (Wildman–Crippen MR) is 67.8 cm³/mol. The van der Waals surface area contributed by atoms with Crippen LogP contribution in [0.15, 0.2) is 22.9 Å². The minimum Gasteiger partial charge on any atom is -0.366 e. The minimum atomic E-state index is -0.478. The molecule has 1 atom stereocenters. The Hall–Kier alpha value is -2.35. The Balaban J connectivity index is 1.73. The Labute approximate surface area is 119 Å². The molecule has 0 radical (unpaired) electrons. The first kappa shape index (κ1) is 13.6. The van der Waals surface area contributed by atoms with Gasteiger partial charge in [0.05, 0.1) is 19.3 Å². The highest BCUT2D eigenvalue weighted by Crippen LogP contribution is 2.20. The van der Waals surface area contributed by atoms with E-state index in [1.807, 2.05) is 0 Å². The first-order valence-electron chi connectivity index (χ1n) is 6.46. The molecule has 1 amide bonds. The van der Waals surface area contributed by atoms with Crippen molar-refractivity contribution in [2.45, 2.75) is 13.0 Å². The van der Waals surface area contributed by atoms with Gasteiger partial charge in [-0.15, -0.1) is 0 Å². The molecule has 0 saturated carbocycles. The summed E-state index contributed by atoms with van der Waals surface area (Å²) < 4.78 is 23.3. The lowest BCUT2D eigenvalue weighted by atomic mass is 10.2. The molecule has 2 aromatic rings. The van der Waals surface area contributed by atoms with Gasteiger partial charge in [0.2, 0.25) is 11.7 Å². The van der Waals surface area contributed by atoms with Crippen LogP contribution in [0, 0.1) is 12.7 Å². The third kappa shape index (κ3) is 2.89. The number of carbonyl (C=O) groups excluding carboxylic acids is 1. The number of amides is 1. The summed E-state index contributed by atoms with van der Waals surface area (Å²) in [6, 6.07) is 2.57. The summed E-state index contributed by atoms with van der Waals surface area (Å²) in [5.41, 5.74) is 0.196. The number of hydrogen-bond donors (Lipinski definition) is 0. The van der Waals surface area contributed by atoms with Crippen molar-refractivity contribution in [1.82, 2.24) is 20.0 Å². The van der Waals surface area contributed by atoms with E-state index in [0.717, 1.165) is 6.20 Å². The van der Waals surface area contributed by atoms with Gasteiger partial charge in [0.1, 0.15) is 17.6 Å². The monoisotopic (exact) mass is 292 g/mol. The fourth-order valence-corrected chi connectivity index (χ4v) is 2.10. The maximum absolute atomic E-state index is 12.8. The zero-order valence-corrected chi connectivity index (χ0v) is 11.3. The summed E-state index contributed by atoms with van der Waals surface area (Å²) in [4.78, 5) is 21.8. The van der Waals surface area contributed by atoms with Crippen LogP contribution < -0.4 is 0 Å². The Bertz CT molecular complexity index is 643. The lowest BCUT2D eigenvalue weighted by Gasteiger charge is -2.31. The summed E-state index contributed by atoms with van der Waals surface area (Å²) in [5.74, 6) is 0.103. The van der Waals surface area contributed by atoms with Gasteiger partial charge in [-0.3, -0.25) is 4.79 Å². The van der Waals surface area contributed by atoms with Crippen molar-refractivity contribution in [3.63, 3.8) is 0 Å². The zero-order valence-electron chi connectivity index (χ0n) is 11.3. The molecule has 8 heteroatoms. The highest BCUT2D eigenvalue weighted by Gasteiger charge is 2.29. The molecule has 110 valence electrons. The van der Waals surface area contributed by atoms with E-state index >= 15 is 0 Å². The quantitative estimate of drug-likeness (QED) is 0.825. The number of rotatable bonds is 2. The molecule has 0 spiro atoms. The second-order valence-electron chi connectivity index (χ2n) is 4.64. The van der Waals surface area contributed by atoms with E-state index in [2.05, 4.69) is 15.1 Å². The maximum atomic E-state index is 12.8. The summed E-state index contributed by atoms with van der Waals surface area (Å²) in [6.07, 6.45) is 0.592. The first-order valence-corrected chi connectivity index (χ1v) is 6.46. The lowest BCUT2D eigenvalue weighted by Crippen LogP contribution is -2.42. The number of pyridine rings is 1. The smallest absolute Gasteiger partial charge is 0.272 e. The molecule has 21 heavy (non-hydrogen) atoms. The van der Waals surface area contributed by atoms with Crippen LogP contribution in [0.2, 0.25) is 0 Å². The van der Waals surface area contributed by atoms with E-state index in [4.69, 9.17) is 9.26 Å². The van der Waals surface area contributed by atoms with Gasteiger partial charge in [0.25, 0.3) is 5.91 Å². The van der Waals surface area contributed by atoms with Crippen LogP contribution in [0.5, 0.6) is 0 Å². The Morgan fingerprint density at radius 3 is 3.00 bits per heavy atom. The van der Waals surface area contributed by atoms with Crippen molar-refractivity contribution in [2.24, 2.45) is 0 Å². The van der Waals surface area contributed by atoms with Crippen molar-refractivity contribution in [1.29, 1.82) is 0 Å². The molecule has 1 aliphatic heterocycles. The SMILES string of the molecule is Cc1nc(C2CN(C(=O)c3ccc(F)cn3)CCO2)no1. The highest BCUT2D eigenvalue weighted by atomic mass is 19.1. The first-order chi connectivity index (χ1) is 10.1. The predicted octanol–water partition coefficient (Wildman–Crippen LogP) is 1.13. The van der Waals surface area contributed by atoms with E-state index < -0.39 is 11.9 Å². The fraction of sp³-hybridized carbons (Fsp3) is 0.385. The summed E-state index contributed by atoms with van der Waals surface area (Å²) >= 11 is 0. The molecule has 0 aromatic carbocycles. The lowest BCUT2D eigenvalue weighted by molar-refractivity contribution is -0.0278. The number of morpholine rings is 1. The van der Waals surface area contributed by atoms with Gasteiger partial charge in [0.15, 0.2) is 0 Å². The molecule has 0 aliphatic carbocycles. The summed E-state index contributed by atoms with van der Waals surface area (Å²) in [5, 5.41) is 3.80. The molecular weight excluding hydrogens is 279 g/mol. The van der Waals surface area contributed by atoms with E-state index in [1.54, 1.807) is 11.8 Å². The second-order valence-corrected chi connectivity index (χ2v) is 4.64.